The van der Waals surface area contributed by atoms with Gasteiger partial charge in [0.15, 0.2) is 5.69 Å². The maximum atomic E-state index is 13.3. The summed E-state index contributed by atoms with van der Waals surface area (Å²) < 4.78 is 6.38. The summed E-state index contributed by atoms with van der Waals surface area (Å²) in [7, 11) is 1.51. The number of methoxy groups -OCH3 is 1. The molecule has 0 saturated heterocycles. The van der Waals surface area contributed by atoms with Crippen molar-refractivity contribution in [2.45, 2.75) is 20.4 Å². The van der Waals surface area contributed by atoms with Crippen LogP contribution in [0, 0.1) is 13.8 Å². The first kappa shape index (κ1) is 21.5. The highest BCUT2D eigenvalue weighted by molar-refractivity contribution is 7.14. The molecule has 0 aliphatic heterocycles. The minimum absolute atomic E-state index is 0.0590. The van der Waals surface area contributed by atoms with Gasteiger partial charge < -0.3 is 10.5 Å². The number of aromatic nitrogens is 2. The lowest BCUT2D eigenvalue weighted by molar-refractivity contribution is 0.0979. The first-order chi connectivity index (χ1) is 14.3. The molecule has 3 rings (SSSR count). The number of nitrogens with zero attached hydrogens (tertiary/aromatic N) is 2. The molecular weight excluding hydrogens is 404 g/mol. The molecule has 9 heteroatoms. The van der Waals surface area contributed by atoms with Crippen LogP contribution in [0.2, 0.25) is 0 Å². The second-order valence-electron chi connectivity index (χ2n) is 6.86. The van der Waals surface area contributed by atoms with Gasteiger partial charge in [0.25, 0.3) is 11.5 Å². The smallest absolute Gasteiger partial charge is 0.330 e. The van der Waals surface area contributed by atoms with E-state index in [-0.39, 0.29) is 37.1 Å². The monoisotopic (exact) mass is 428 g/mol. The molecule has 2 heterocycles. The molecule has 0 bridgehead atoms. The Hall–Kier alpha value is -3.17. The van der Waals surface area contributed by atoms with Crippen molar-refractivity contribution in [3.8, 4) is 0 Å². The van der Waals surface area contributed by atoms with Crippen LogP contribution in [0.5, 0.6) is 0 Å². The molecule has 3 aromatic rings. The second kappa shape index (κ2) is 9.10. The van der Waals surface area contributed by atoms with E-state index in [4.69, 9.17) is 10.5 Å². The van der Waals surface area contributed by atoms with E-state index in [0.29, 0.717) is 4.88 Å². The number of nitrogens with one attached hydrogen (secondary N) is 1. The number of aromatic amines is 1. The number of rotatable bonds is 7. The molecule has 0 unspecified atom stereocenters. The molecule has 158 valence electrons. The fourth-order valence-corrected chi connectivity index (χ4v) is 4.05. The highest BCUT2D eigenvalue weighted by Gasteiger charge is 2.26. The van der Waals surface area contributed by atoms with Crippen LogP contribution in [-0.4, -0.2) is 35.7 Å². The highest BCUT2D eigenvalue weighted by Crippen LogP contribution is 2.25. The van der Waals surface area contributed by atoms with Crippen LogP contribution >= 0.6 is 11.3 Å². The number of nitrogen functional groups attached to an aromatic ring is 1. The molecule has 0 aliphatic carbocycles. The van der Waals surface area contributed by atoms with Crippen molar-refractivity contribution in [1.29, 1.82) is 0 Å². The number of H-pyrrole nitrogens is 1. The molecule has 0 aliphatic rings. The van der Waals surface area contributed by atoms with E-state index in [1.165, 1.54) is 27.9 Å². The number of carbonyl (C=O) groups excluding carboxylic acids is 1. The zero-order valence-corrected chi connectivity index (χ0v) is 17.9. The molecule has 0 saturated carbocycles. The van der Waals surface area contributed by atoms with E-state index >= 15 is 0 Å². The van der Waals surface area contributed by atoms with Gasteiger partial charge in [-0.2, -0.15) is 0 Å². The van der Waals surface area contributed by atoms with Gasteiger partial charge in [-0.15, -0.1) is 11.3 Å². The Kier molecular flexibility index (Phi) is 6.53. The van der Waals surface area contributed by atoms with E-state index in [1.54, 1.807) is 6.07 Å². The topological polar surface area (TPSA) is 110 Å². The van der Waals surface area contributed by atoms with Gasteiger partial charge in [-0.25, -0.2) is 4.79 Å². The first-order valence-electron chi connectivity index (χ1n) is 9.37. The normalized spacial score (nSPS) is 10.9. The molecule has 1 amide bonds. The van der Waals surface area contributed by atoms with Crippen LogP contribution in [0.1, 0.15) is 25.7 Å². The van der Waals surface area contributed by atoms with Crippen LogP contribution in [-0.2, 0) is 11.3 Å². The van der Waals surface area contributed by atoms with E-state index < -0.39 is 11.2 Å². The van der Waals surface area contributed by atoms with Gasteiger partial charge in [0.2, 0.25) is 0 Å². The molecule has 30 heavy (non-hydrogen) atoms. The van der Waals surface area contributed by atoms with Crippen LogP contribution in [0.25, 0.3) is 0 Å². The quantitative estimate of drug-likeness (QED) is 0.599. The van der Waals surface area contributed by atoms with Crippen LogP contribution in [0.15, 0.2) is 46.0 Å². The lowest BCUT2D eigenvalue weighted by atomic mass is 10.2. The van der Waals surface area contributed by atoms with Crippen molar-refractivity contribution in [3.63, 3.8) is 0 Å². The molecule has 1 aromatic carbocycles. The third-order valence-corrected chi connectivity index (χ3v) is 5.95. The number of anilines is 2. The number of hydrogen-bond acceptors (Lipinski definition) is 6. The second-order valence-corrected chi connectivity index (χ2v) is 8.12. The van der Waals surface area contributed by atoms with Crippen LogP contribution in [0.3, 0.4) is 0 Å². The minimum Gasteiger partial charge on any atom is -0.383 e. The minimum atomic E-state index is -0.712. The number of hydrogen-bond donors (Lipinski definition) is 2. The predicted octanol–water partition coefficient (Wildman–Crippen LogP) is 2.14. The third kappa shape index (κ3) is 4.37. The molecule has 8 nitrogen and oxygen atoms in total. The zero-order chi connectivity index (χ0) is 21.8. The van der Waals surface area contributed by atoms with E-state index in [9.17, 15) is 14.4 Å². The Morgan fingerprint density at radius 2 is 1.93 bits per heavy atom. The maximum Gasteiger partial charge on any atom is 0.330 e. The molecule has 0 atom stereocenters. The standard InChI is InChI=1S/C21H24N4O4S/c1-13-11-16(30-14(13)2)20(27)24(9-10-29-3)17-18(22)25(21(28)23-19(17)26)12-15-7-5-4-6-8-15/h4-8,11H,9-10,12,22H2,1-3H3,(H,23,26,28). The van der Waals surface area contributed by atoms with Crippen molar-refractivity contribution in [3.05, 3.63) is 78.1 Å². The molecule has 3 N–H and O–H groups in total. The SMILES string of the molecule is COCCN(C(=O)c1cc(C)c(C)s1)c1c(N)n(Cc2ccccc2)c(=O)[nH]c1=O. The molecule has 0 spiro atoms. The molecule has 0 fully saturated rings. The predicted molar refractivity (Wildman–Crippen MR) is 119 cm³/mol. The summed E-state index contributed by atoms with van der Waals surface area (Å²) in [4.78, 5) is 43.5. The van der Waals surface area contributed by atoms with Crippen molar-refractivity contribution in [1.82, 2.24) is 9.55 Å². The maximum absolute atomic E-state index is 13.3. The zero-order valence-electron chi connectivity index (χ0n) is 17.1. The Balaban J connectivity index is 2.10. The van der Waals surface area contributed by atoms with E-state index in [0.717, 1.165) is 16.0 Å². The lowest BCUT2D eigenvalue weighted by Crippen LogP contribution is -2.42. The van der Waals surface area contributed by atoms with Gasteiger partial charge in [-0.3, -0.25) is 24.0 Å². The summed E-state index contributed by atoms with van der Waals surface area (Å²) in [5, 5.41) is 0. The van der Waals surface area contributed by atoms with Gasteiger partial charge in [-0.1, -0.05) is 30.3 Å². The average Bonchev–Trinajstić information content (AvgIpc) is 3.06. The Labute approximate surface area is 177 Å². The Morgan fingerprint density at radius 1 is 1.23 bits per heavy atom. The Morgan fingerprint density at radius 3 is 2.53 bits per heavy atom. The van der Waals surface area contributed by atoms with Gasteiger partial charge in [0.05, 0.1) is 18.0 Å². The highest BCUT2D eigenvalue weighted by atomic mass is 32.1. The van der Waals surface area contributed by atoms with Crippen molar-refractivity contribution in [2.75, 3.05) is 30.9 Å². The van der Waals surface area contributed by atoms with E-state index in [2.05, 4.69) is 4.98 Å². The molecule has 0 radical (unpaired) electrons. The fraction of sp³-hybridized carbons (Fsp3) is 0.286. The summed E-state index contributed by atoms with van der Waals surface area (Å²) >= 11 is 1.35. The summed E-state index contributed by atoms with van der Waals surface area (Å²) in [5.41, 5.74) is 6.69. The molecule has 2 aromatic heterocycles. The van der Waals surface area contributed by atoms with Crippen molar-refractivity contribution < 1.29 is 9.53 Å². The Bertz CT molecular complexity index is 1140. The van der Waals surface area contributed by atoms with Gasteiger partial charge in [-0.05, 0) is 31.0 Å². The largest absolute Gasteiger partial charge is 0.383 e. The third-order valence-electron chi connectivity index (χ3n) is 4.81. The summed E-state index contributed by atoms with van der Waals surface area (Å²) in [6.45, 7) is 4.33. The number of carbonyl (C=O) groups is 1. The number of ether oxygens (including phenoxy) is 1. The van der Waals surface area contributed by atoms with Crippen LogP contribution in [0.4, 0.5) is 11.5 Å². The number of thiophene rings is 1. The summed E-state index contributed by atoms with van der Waals surface area (Å²) in [6, 6.07) is 11.0. The molecular formula is C21H24N4O4S. The van der Waals surface area contributed by atoms with Crippen LogP contribution < -0.4 is 21.9 Å². The lowest BCUT2D eigenvalue weighted by Gasteiger charge is -2.24. The average molecular weight is 429 g/mol. The fourth-order valence-electron chi connectivity index (χ4n) is 3.07. The van der Waals surface area contributed by atoms with Crippen molar-refractivity contribution >= 4 is 28.7 Å². The first-order valence-corrected chi connectivity index (χ1v) is 10.2. The number of nitrogens with two attached hydrogens (primary N) is 1. The van der Waals surface area contributed by atoms with E-state index in [1.807, 2.05) is 44.2 Å². The number of aryl methyl sites for hydroxylation is 2. The van der Waals surface area contributed by atoms with Gasteiger partial charge >= 0.3 is 5.69 Å². The number of amides is 1. The number of benzene rings is 1. The van der Waals surface area contributed by atoms with Crippen molar-refractivity contribution in [2.24, 2.45) is 0 Å². The summed E-state index contributed by atoms with van der Waals surface area (Å²) in [6.07, 6.45) is 0. The van der Waals surface area contributed by atoms with Gasteiger partial charge in [0.1, 0.15) is 5.82 Å². The van der Waals surface area contributed by atoms with Gasteiger partial charge in [0, 0.05) is 18.5 Å². The summed E-state index contributed by atoms with van der Waals surface area (Å²) in [5.74, 6) is -0.433.